The van der Waals surface area contributed by atoms with Crippen LogP contribution in [0.3, 0.4) is 0 Å². The largest absolute Gasteiger partial charge is 0.370 e. The molecule has 2 aromatic rings. The number of rotatable bonds is 5. The van der Waals surface area contributed by atoms with Gasteiger partial charge in [0.1, 0.15) is 16.8 Å². The fraction of sp³-hybridized carbons (Fsp3) is 0.333. The molecule has 2 rings (SSSR count). The van der Waals surface area contributed by atoms with E-state index >= 15 is 0 Å². The predicted molar refractivity (Wildman–Crippen MR) is 79.7 cm³/mol. The molecule has 1 aromatic heterocycles. The first-order valence-corrected chi connectivity index (χ1v) is 6.83. The molecule has 0 saturated carbocycles. The lowest BCUT2D eigenvalue weighted by Gasteiger charge is -2.13. The molecule has 1 heterocycles. The fourth-order valence-corrected chi connectivity index (χ4v) is 2.21. The fourth-order valence-electron chi connectivity index (χ4n) is 1.99. The Morgan fingerprint density at radius 3 is 2.63 bits per heavy atom. The first-order chi connectivity index (χ1) is 9.15. The van der Waals surface area contributed by atoms with Gasteiger partial charge >= 0.3 is 0 Å². The average molecular weight is 276 g/mol. The molecule has 0 radical (unpaired) electrons. The zero-order valence-corrected chi connectivity index (χ0v) is 12.0. The Balaban J connectivity index is 1.86. The number of benzene rings is 1. The van der Waals surface area contributed by atoms with Gasteiger partial charge in [-0.1, -0.05) is 48.9 Å². The monoisotopic (exact) mass is 275 g/mol. The summed E-state index contributed by atoms with van der Waals surface area (Å²) in [6, 6.07) is 12.3. The van der Waals surface area contributed by atoms with Gasteiger partial charge < -0.3 is 5.32 Å². The second kappa shape index (κ2) is 6.53. The summed E-state index contributed by atoms with van der Waals surface area (Å²) in [6.45, 7) is 4.93. The quantitative estimate of drug-likeness (QED) is 0.837. The van der Waals surface area contributed by atoms with Gasteiger partial charge in [-0.25, -0.2) is 9.97 Å². The van der Waals surface area contributed by atoms with Crippen LogP contribution in [0.4, 0.5) is 5.82 Å². The minimum atomic E-state index is 0.478. The lowest BCUT2D eigenvalue weighted by Crippen LogP contribution is -2.08. The van der Waals surface area contributed by atoms with Gasteiger partial charge in [-0.15, -0.1) is 0 Å². The van der Waals surface area contributed by atoms with Crippen molar-refractivity contribution in [2.75, 3.05) is 11.9 Å². The van der Waals surface area contributed by atoms with Crippen LogP contribution in [-0.2, 0) is 0 Å². The third kappa shape index (κ3) is 4.21. The maximum atomic E-state index is 5.90. The Morgan fingerprint density at radius 2 is 1.95 bits per heavy atom. The molecule has 3 nitrogen and oxygen atoms in total. The maximum absolute atomic E-state index is 5.90. The van der Waals surface area contributed by atoms with Crippen LogP contribution in [0.15, 0.2) is 36.4 Å². The van der Waals surface area contributed by atoms with Crippen LogP contribution >= 0.6 is 11.6 Å². The molecule has 1 N–H and O–H groups in total. The Bertz CT molecular complexity index is 508. The van der Waals surface area contributed by atoms with Gasteiger partial charge in [0.05, 0.1) is 0 Å². The van der Waals surface area contributed by atoms with Crippen LogP contribution in [0.2, 0.25) is 5.15 Å². The highest BCUT2D eigenvalue weighted by Crippen LogP contribution is 2.18. The SMILES string of the molecule is Cc1nc(Cl)cc(NCCC(C)c2ccccc2)n1. The number of nitrogens with zero attached hydrogens (tertiary/aromatic N) is 2. The second-order valence-electron chi connectivity index (χ2n) is 4.65. The van der Waals surface area contributed by atoms with Crippen LogP contribution in [-0.4, -0.2) is 16.5 Å². The number of hydrogen-bond donors (Lipinski definition) is 1. The summed E-state index contributed by atoms with van der Waals surface area (Å²) in [5, 5.41) is 3.77. The van der Waals surface area contributed by atoms with Gasteiger partial charge in [0, 0.05) is 12.6 Å². The van der Waals surface area contributed by atoms with Crippen LogP contribution in [0.25, 0.3) is 0 Å². The second-order valence-corrected chi connectivity index (χ2v) is 5.04. The minimum Gasteiger partial charge on any atom is -0.370 e. The van der Waals surface area contributed by atoms with Gasteiger partial charge in [0.2, 0.25) is 0 Å². The molecule has 0 saturated heterocycles. The molecule has 1 unspecified atom stereocenters. The van der Waals surface area contributed by atoms with Crippen LogP contribution in [0, 0.1) is 6.92 Å². The van der Waals surface area contributed by atoms with Gasteiger partial charge in [0.15, 0.2) is 0 Å². The molecule has 19 heavy (non-hydrogen) atoms. The van der Waals surface area contributed by atoms with Crippen molar-refractivity contribution in [1.29, 1.82) is 0 Å². The molecule has 100 valence electrons. The zero-order chi connectivity index (χ0) is 13.7. The molecule has 0 aliphatic carbocycles. The summed E-state index contributed by atoms with van der Waals surface area (Å²) < 4.78 is 0. The van der Waals surface area contributed by atoms with Crippen LogP contribution in [0.5, 0.6) is 0 Å². The van der Waals surface area contributed by atoms with Crippen molar-refractivity contribution >= 4 is 17.4 Å². The Kier molecular flexibility index (Phi) is 4.74. The summed E-state index contributed by atoms with van der Waals surface area (Å²) in [5.41, 5.74) is 1.36. The highest BCUT2D eigenvalue weighted by Gasteiger charge is 2.05. The Morgan fingerprint density at radius 1 is 1.21 bits per heavy atom. The van der Waals surface area contributed by atoms with Crippen molar-refractivity contribution in [1.82, 2.24) is 9.97 Å². The summed E-state index contributed by atoms with van der Waals surface area (Å²) >= 11 is 5.90. The number of hydrogen-bond acceptors (Lipinski definition) is 3. The van der Waals surface area contributed by atoms with Crippen molar-refractivity contribution < 1.29 is 0 Å². The summed E-state index contributed by atoms with van der Waals surface area (Å²) in [7, 11) is 0. The molecule has 0 bridgehead atoms. The van der Waals surface area contributed by atoms with E-state index in [1.165, 1.54) is 5.56 Å². The normalized spacial score (nSPS) is 12.2. The van der Waals surface area contributed by atoms with E-state index in [1.807, 2.05) is 13.0 Å². The minimum absolute atomic E-state index is 0.478. The third-order valence-corrected chi connectivity index (χ3v) is 3.25. The Labute approximate surface area is 119 Å². The first-order valence-electron chi connectivity index (χ1n) is 6.45. The van der Waals surface area contributed by atoms with E-state index in [2.05, 4.69) is 46.5 Å². The molecule has 1 aromatic carbocycles. The topological polar surface area (TPSA) is 37.8 Å². The summed E-state index contributed by atoms with van der Waals surface area (Å²) in [4.78, 5) is 8.34. The Hall–Kier alpha value is -1.61. The van der Waals surface area contributed by atoms with Crippen molar-refractivity contribution in [3.05, 3.63) is 52.9 Å². The smallest absolute Gasteiger partial charge is 0.134 e. The van der Waals surface area contributed by atoms with E-state index in [0.717, 1.165) is 18.8 Å². The first kappa shape index (κ1) is 13.8. The summed E-state index contributed by atoms with van der Waals surface area (Å²) in [5.74, 6) is 2.00. The molecule has 0 aliphatic heterocycles. The van der Waals surface area contributed by atoms with Crippen LogP contribution < -0.4 is 5.32 Å². The van der Waals surface area contributed by atoms with Crippen molar-refractivity contribution in [2.45, 2.75) is 26.2 Å². The highest BCUT2D eigenvalue weighted by molar-refractivity contribution is 6.29. The molecule has 0 amide bonds. The average Bonchev–Trinajstić information content (AvgIpc) is 2.38. The maximum Gasteiger partial charge on any atom is 0.134 e. The van der Waals surface area contributed by atoms with Crippen molar-refractivity contribution in [3.63, 3.8) is 0 Å². The highest BCUT2D eigenvalue weighted by atomic mass is 35.5. The number of anilines is 1. The number of halogens is 1. The van der Waals surface area contributed by atoms with Gasteiger partial charge in [0.25, 0.3) is 0 Å². The van der Waals surface area contributed by atoms with E-state index in [0.29, 0.717) is 16.9 Å². The molecular weight excluding hydrogens is 258 g/mol. The van der Waals surface area contributed by atoms with E-state index in [-0.39, 0.29) is 0 Å². The molecule has 1 atom stereocenters. The zero-order valence-electron chi connectivity index (χ0n) is 11.2. The number of aromatic nitrogens is 2. The van der Waals surface area contributed by atoms with Gasteiger partial charge in [-0.05, 0) is 24.8 Å². The van der Waals surface area contributed by atoms with Crippen molar-refractivity contribution in [3.8, 4) is 0 Å². The van der Waals surface area contributed by atoms with Crippen LogP contribution in [0.1, 0.15) is 30.7 Å². The number of aryl methyl sites for hydroxylation is 1. The molecule has 0 aliphatic rings. The van der Waals surface area contributed by atoms with E-state index in [4.69, 9.17) is 11.6 Å². The van der Waals surface area contributed by atoms with E-state index in [1.54, 1.807) is 6.07 Å². The molecular formula is C15H18ClN3. The molecule has 0 fully saturated rings. The van der Waals surface area contributed by atoms with Gasteiger partial charge in [-0.3, -0.25) is 0 Å². The number of nitrogens with one attached hydrogen (secondary N) is 1. The lowest BCUT2D eigenvalue weighted by atomic mass is 9.98. The summed E-state index contributed by atoms with van der Waals surface area (Å²) in [6.07, 6.45) is 1.05. The van der Waals surface area contributed by atoms with E-state index < -0.39 is 0 Å². The van der Waals surface area contributed by atoms with Crippen molar-refractivity contribution in [2.24, 2.45) is 0 Å². The van der Waals surface area contributed by atoms with Gasteiger partial charge in [-0.2, -0.15) is 0 Å². The standard InChI is InChI=1S/C15H18ClN3/c1-11(13-6-4-3-5-7-13)8-9-17-15-10-14(16)18-12(2)19-15/h3-7,10-11H,8-9H2,1-2H3,(H,17,18,19). The third-order valence-electron chi connectivity index (χ3n) is 3.06. The molecule has 0 spiro atoms. The van der Waals surface area contributed by atoms with E-state index in [9.17, 15) is 0 Å². The predicted octanol–water partition coefficient (Wildman–Crippen LogP) is 4.04. The lowest BCUT2D eigenvalue weighted by molar-refractivity contribution is 0.704. The molecule has 4 heteroatoms.